The minimum Gasteiger partial charge on any atom is -0.405 e. The summed E-state index contributed by atoms with van der Waals surface area (Å²) in [6.07, 6.45) is -4.95. The number of halogens is 3. The van der Waals surface area contributed by atoms with Crippen LogP contribution < -0.4 is 10.1 Å². The fourth-order valence-corrected chi connectivity index (χ4v) is 5.66. The number of carbonyl (C=O) groups excluding carboxylic acids is 2. The minimum absolute atomic E-state index is 0.0781. The van der Waals surface area contributed by atoms with Gasteiger partial charge in [0.2, 0.25) is 0 Å². The SMILES string of the molecule is CN1CCN(C(=O)c2csc(NC(=O)c3ccccc3OC(F)(F)F)n2)C(c2ccccc2)(c2ccccc2)C1. The van der Waals surface area contributed by atoms with Gasteiger partial charge in [-0.1, -0.05) is 72.8 Å². The molecule has 11 heteroatoms. The molecule has 7 nitrogen and oxygen atoms in total. The van der Waals surface area contributed by atoms with E-state index in [1.807, 2.05) is 72.6 Å². The van der Waals surface area contributed by atoms with Crippen molar-refractivity contribution < 1.29 is 27.5 Å². The Morgan fingerprint density at radius 2 is 1.52 bits per heavy atom. The van der Waals surface area contributed by atoms with E-state index in [9.17, 15) is 22.8 Å². The first-order valence-corrected chi connectivity index (χ1v) is 13.3. The number of amides is 2. The van der Waals surface area contributed by atoms with Crippen molar-refractivity contribution in [3.8, 4) is 5.75 Å². The molecule has 1 aliphatic heterocycles. The molecule has 3 aromatic carbocycles. The lowest BCUT2D eigenvalue weighted by Gasteiger charge is -2.50. The standard InChI is InChI=1S/C29H25F3N4O3S/c1-35-16-17-36(28(19-35,20-10-4-2-5-11-20)21-12-6-3-7-13-21)26(38)23-18-40-27(33-23)34-25(37)22-14-8-9-15-24(22)39-29(30,31)32/h2-15,18H,16-17,19H2,1H3,(H,33,34,37). The highest BCUT2D eigenvalue weighted by atomic mass is 32.1. The molecular weight excluding hydrogens is 541 g/mol. The molecular formula is C29H25F3N4O3S. The van der Waals surface area contributed by atoms with Crippen LogP contribution in [0.4, 0.5) is 18.3 Å². The second-order valence-electron chi connectivity index (χ2n) is 9.32. The molecule has 5 rings (SSSR count). The third-order valence-corrected chi connectivity index (χ3v) is 7.47. The molecule has 1 saturated heterocycles. The third kappa shape index (κ3) is 5.56. The molecule has 0 unspecified atom stereocenters. The first-order valence-electron chi connectivity index (χ1n) is 12.4. The second-order valence-corrected chi connectivity index (χ2v) is 10.2. The van der Waals surface area contributed by atoms with E-state index in [1.165, 1.54) is 23.6 Å². The summed E-state index contributed by atoms with van der Waals surface area (Å²) in [7, 11) is 2.01. The van der Waals surface area contributed by atoms with Crippen molar-refractivity contribution in [2.75, 3.05) is 32.0 Å². The summed E-state index contributed by atoms with van der Waals surface area (Å²) in [5, 5.41) is 4.11. The number of hydrogen-bond donors (Lipinski definition) is 1. The van der Waals surface area contributed by atoms with Crippen molar-refractivity contribution in [2.24, 2.45) is 0 Å². The summed E-state index contributed by atoms with van der Waals surface area (Å²) in [5.41, 5.74) is 0.917. The first kappa shape index (κ1) is 27.4. The lowest BCUT2D eigenvalue weighted by molar-refractivity contribution is -0.274. The Bertz CT molecular complexity index is 1460. The number of carbonyl (C=O) groups is 2. The lowest BCUT2D eigenvalue weighted by Crippen LogP contribution is -2.61. The van der Waals surface area contributed by atoms with Crippen molar-refractivity contribution in [3.63, 3.8) is 0 Å². The van der Waals surface area contributed by atoms with Gasteiger partial charge in [0.25, 0.3) is 11.8 Å². The van der Waals surface area contributed by atoms with Gasteiger partial charge in [0, 0.05) is 25.0 Å². The highest BCUT2D eigenvalue weighted by Gasteiger charge is 2.47. The molecule has 206 valence electrons. The minimum atomic E-state index is -4.95. The van der Waals surface area contributed by atoms with Crippen LogP contribution >= 0.6 is 11.3 Å². The van der Waals surface area contributed by atoms with E-state index >= 15 is 0 Å². The van der Waals surface area contributed by atoms with Gasteiger partial charge in [-0.3, -0.25) is 14.9 Å². The van der Waals surface area contributed by atoms with Crippen LogP contribution in [0.2, 0.25) is 0 Å². The van der Waals surface area contributed by atoms with Crippen LogP contribution in [0.3, 0.4) is 0 Å². The number of hydrogen-bond acceptors (Lipinski definition) is 6. The number of nitrogens with zero attached hydrogens (tertiary/aromatic N) is 3. The maximum Gasteiger partial charge on any atom is 0.573 e. The molecule has 0 atom stereocenters. The number of likely N-dealkylation sites (N-methyl/N-ethyl adjacent to an activating group) is 1. The normalized spacial score (nSPS) is 15.4. The van der Waals surface area contributed by atoms with Gasteiger partial charge in [0.05, 0.1) is 5.56 Å². The summed E-state index contributed by atoms with van der Waals surface area (Å²) in [6.45, 7) is 1.63. The fourth-order valence-electron chi connectivity index (χ4n) is 4.98. The van der Waals surface area contributed by atoms with E-state index in [1.54, 1.807) is 0 Å². The summed E-state index contributed by atoms with van der Waals surface area (Å²) < 4.78 is 42.4. The molecule has 0 saturated carbocycles. The predicted molar refractivity (Wildman–Crippen MR) is 145 cm³/mol. The lowest BCUT2D eigenvalue weighted by atomic mass is 9.79. The Hall–Kier alpha value is -4.22. The number of aromatic nitrogens is 1. The smallest absolute Gasteiger partial charge is 0.405 e. The van der Waals surface area contributed by atoms with Crippen LogP contribution in [-0.2, 0) is 5.54 Å². The van der Waals surface area contributed by atoms with Crippen LogP contribution in [0.25, 0.3) is 0 Å². The number of benzene rings is 3. The van der Waals surface area contributed by atoms with Gasteiger partial charge in [-0.05, 0) is 30.3 Å². The molecule has 1 aromatic heterocycles. The molecule has 2 amide bonds. The molecule has 0 aliphatic carbocycles. The quantitative estimate of drug-likeness (QED) is 0.328. The number of thiazole rings is 1. The van der Waals surface area contributed by atoms with Crippen molar-refractivity contribution in [2.45, 2.75) is 11.9 Å². The van der Waals surface area contributed by atoms with Crippen LogP contribution in [-0.4, -0.2) is 59.6 Å². The molecule has 2 heterocycles. The van der Waals surface area contributed by atoms with E-state index in [0.29, 0.717) is 19.6 Å². The van der Waals surface area contributed by atoms with E-state index in [0.717, 1.165) is 28.5 Å². The van der Waals surface area contributed by atoms with Crippen molar-refractivity contribution >= 4 is 28.3 Å². The maximum atomic E-state index is 14.0. The van der Waals surface area contributed by atoms with E-state index in [4.69, 9.17) is 0 Å². The summed E-state index contributed by atoms with van der Waals surface area (Å²) in [6, 6.07) is 24.6. The highest BCUT2D eigenvalue weighted by Crippen LogP contribution is 2.40. The highest BCUT2D eigenvalue weighted by molar-refractivity contribution is 7.14. The van der Waals surface area contributed by atoms with E-state index in [2.05, 4.69) is 19.9 Å². The average molecular weight is 567 g/mol. The Morgan fingerprint density at radius 3 is 2.15 bits per heavy atom. The molecule has 4 aromatic rings. The van der Waals surface area contributed by atoms with Crippen LogP contribution in [0.1, 0.15) is 32.0 Å². The molecule has 0 bridgehead atoms. The van der Waals surface area contributed by atoms with Gasteiger partial charge in [-0.15, -0.1) is 24.5 Å². The molecule has 1 fully saturated rings. The zero-order valence-electron chi connectivity index (χ0n) is 21.4. The fraction of sp³-hybridized carbons (Fsp3) is 0.207. The van der Waals surface area contributed by atoms with Crippen molar-refractivity contribution in [3.05, 3.63) is 113 Å². The zero-order valence-corrected chi connectivity index (χ0v) is 22.2. The average Bonchev–Trinajstić information content (AvgIpc) is 3.41. The maximum absolute atomic E-state index is 14.0. The summed E-state index contributed by atoms with van der Waals surface area (Å²) >= 11 is 1.01. The van der Waals surface area contributed by atoms with E-state index in [-0.39, 0.29) is 22.3 Å². The number of piperazine rings is 1. The first-order chi connectivity index (χ1) is 19.2. The molecule has 1 N–H and O–H groups in total. The largest absolute Gasteiger partial charge is 0.573 e. The zero-order chi connectivity index (χ0) is 28.3. The second kappa shape index (κ2) is 11.1. The van der Waals surface area contributed by atoms with Gasteiger partial charge in [-0.2, -0.15) is 0 Å². The molecule has 1 aliphatic rings. The number of alkyl halides is 3. The molecule has 0 radical (unpaired) electrons. The van der Waals surface area contributed by atoms with Crippen LogP contribution in [0.5, 0.6) is 5.75 Å². The van der Waals surface area contributed by atoms with Gasteiger partial charge in [-0.25, -0.2) is 4.98 Å². The number of rotatable bonds is 6. The summed E-state index contributed by atoms with van der Waals surface area (Å²) in [4.78, 5) is 35.2. The van der Waals surface area contributed by atoms with Crippen molar-refractivity contribution in [1.82, 2.24) is 14.8 Å². The van der Waals surface area contributed by atoms with E-state index < -0.39 is 23.6 Å². The molecule has 40 heavy (non-hydrogen) atoms. The number of ether oxygens (including phenoxy) is 1. The number of para-hydroxylation sites is 1. The topological polar surface area (TPSA) is 74.8 Å². The Balaban J connectivity index is 1.45. The number of anilines is 1. The monoisotopic (exact) mass is 566 g/mol. The third-order valence-electron chi connectivity index (χ3n) is 6.71. The number of nitrogens with one attached hydrogen (secondary N) is 1. The van der Waals surface area contributed by atoms with Crippen LogP contribution in [0.15, 0.2) is 90.3 Å². The van der Waals surface area contributed by atoms with Gasteiger partial charge < -0.3 is 14.5 Å². The Kier molecular flexibility index (Phi) is 7.59. The summed E-state index contributed by atoms with van der Waals surface area (Å²) in [5.74, 6) is -1.79. The van der Waals surface area contributed by atoms with Crippen LogP contribution in [0, 0.1) is 0 Å². The molecule has 0 spiro atoms. The Labute approximate surface area is 232 Å². The van der Waals surface area contributed by atoms with Gasteiger partial charge in [0.1, 0.15) is 17.0 Å². The predicted octanol–water partition coefficient (Wildman–Crippen LogP) is 5.63. The van der Waals surface area contributed by atoms with Gasteiger partial charge in [0.15, 0.2) is 5.13 Å². The van der Waals surface area contributed by atoms with Gasteiger partial charge >= 0.3 is 6.36 Å². The Morgan fingerprint density at radius 1 is 0.925 bits per heavy atom. The van der Waals surface area contributed by atoms with Crippen molar-refractivity contribution in [1.29, 1.82) is 0 Å².